The van der Waals surface area contributed by atoms with Gasteiger partial charge in [-0.1, -0.05) is 11.6 Å². The van der Waals surface area contributed by atoms with Gasteiger partial charge in [0.2, 0.25) is 5.91 Å². The molecular weight excluding hydrogens is 292 g/mol. The first-order valence-corrected chi connectivity index (χ1v) is 7.38. The molecule has 1 fully saturated rings. The van der Waals surface area contributed by atoms with Crippen LogP contribution in [0.15, 0.2) is 12.3 Å². The fourth-order valence-electron chi connectivity index (χ4n) is 2.46. The molecule has 114 valence electrons. The number of carbonyl (C=O) groups excluding carboxylic acids is 2. The second-order valence-electron chi connectivity index (χ2n) is 5.06. The number of halogens is 1. The normalized spacial score (nSPS) is 15.8. The third kappa shape index (κ3) is 3.64. The zero-order valence-corrected chi connectivity index (χ0v) is 12.7. The summed E-state index contributed by atoms with van der Waals surface area (Å²) in [4.78, 5) is 29.8. The van der Waals surface area contributed by atoms with E-state index in [4.69, 9.17) is 17.3 Å². The first kappa shape index (κ1) is 15.6. The molecule has 0 radical (unpaired) electrons. The summed E-state index contributed by atoms with van der Waals surface area (Å²) < 4.78 is 0. The molecule has 0 unspecified atom stereocenters. The highest BCUT2D eigenvalue weighted by molar-refractivity contribution is 6.29. The molecule has 0 atom stereocenters. The lowest BCUT2D eigenvalue weighted by Crippen LogP contribution is -2.43. The van der Waals surface area contributed by atoms with E-state index in [1.807, 2.05) is 6.92 Å². The van der Waals surface area contributed by atoms with Crippen LogP contribution in [-0.4, -0.2) is 41.3 Å². The van der Waals surface area contributed by atoms with Gasteiger partial charge >= 0.3 is 0 Å². The van der Waals surface area contributed by atoms with Crippen molar-refractivity contribution in [2.45, 2.75) is 19.8 Å². The number of aromatic nitrogens is 1. The van der Waals surface area contributed by atoms with Gasteiger partial charge in [0, 0.05) is 25.6 Å². The van der Waals surface area contributed by atoms with Crippen molar-refractivity contribution >= 4 is 29.1 Å². The Bertz CT molecular complexity index is 542. The summed E-state index contributed by atoms with van der Waals surface area (Å²) in [7, 11) is 0. The number of piperidine rings is 1. The van der Waals surface area contributed by atoms with E-state index in [2.05, 4.69) is 10.3 Å². The van der Waals surface area contributed by atoms with Crippen molar-refractivity contribution in [2.24, 2.45) is 5.92 Å². The van der Waals surface area contributed by atoms with Crippen LogP contribution in [0.4, 0.5) is 5.69 Å². The maximum absolute atomic E-state index is 12.4. The Kier molecular flexibility index (Phi) is 5.01. The Balaban J connectivity index is 2.00. The highest BCUT2D eigenvalue weighted by Crippen LogP contribution is 2.22. The summed E-state index contributed by atoms with van der Waals surface area (Å²) >= 11 is 5.81. The molecule has 1 saturated heterocycles. The second kappa shape index (κ2) is 6.76. The molecule has 1 aromatic rings. The van der Waals surface area contributed by atoms with Crippen LogP contribution in [0.2, 0.25) is 5.15 Å². The number of hydrogen-bond acceptors (Lipinski definition) is 4. The maximum atomic E-state index is 12.4. The standard InChI is InChI=1S/C14H19ClN4O2/c1-2-17-13(20)9-3-5-19(6-4-9)14(21)10-7-12(15)18-8-11(10)16/h7-9H,2-6,16H2,1H3,(H,17,20). The summed E-state index contributed by atoms with van der Waals surface area (Å²) in [5, 5.41) is 3.06. The van der Waals surface area contributed by atoms with Crippen molar-refractivity contribution in [2.75, 3.05) is 25.4 Å². The van der Waals surface area contributed by atoms with Crippen LogP contribution in [0.5, 0.6) is 0 Å². The minimum absolute atomic E-state index is 0.0209. The Hall–Kier alpha value is -1.82. The molecule has 2 rings (SSSR count). The number of carbonyl (C=O) groups is 2. The van der Waals surface area contributed by atoms with Gasteiger partial charge < -0.3 is 16.0 Å². The zero-order chi connectivity index (χ0) is 15.4. The average Bonchev–Trinajstić information content (AvgIpc) is 2.49. The van der Waals surface area contributed by atoms with Gasteiger partial charge in [-0.3, -0.25) is 9.59 Å². The van der Waals surface area contributed by atoms with Crippen LogP contribution in [0.3, 0.4) is 0 Å². The summed E-state index contributed by atoms with van der Waals surface area (Å²) in [5.41, 5.74) is 6.46. The number of amides is 2. The smallest absolute Gasteiger partial charge is 0.256 e. The van der Waals surface area contributed by atoms with Gasteiger partial charge in [0.05, 0.1) is 17.4 Å². The van der Waals surface area contributed by atoms with Crippen molar-refractivity contribution < 1.29 is 9.59 Å². The van der Waals surface area contributed by atoms with Gasteiger partial charge in [-0.15, -0.1) is 0 Å². The zero-order valence-electron chi connectivity index (χ0n) is 11.9. The molecule has 0 saturated carbocycles. The predicted molar refractivity (Wildman–Crippen MR) is 81.0 cm³/mol. The monoisotopic (exact) mass is 310 g/mol. The van der Waals surface area contributed by atoms with E-state index in [1.54, 1.807) is 4.90 Å². The molecule has 21 heavy (non-hydrogen) atoms. The summed E-state index contributed by atoms with van der Waals surface area (Å²) in [6.45, 7) is 3.61. The van der Waals surface area contributed by atoms with Gasteiger partial charge in [-0.05, 0) is 25.8 Å². The fourth-order valence-corrected chi connectivity index (χ4v) is 2.62. The van der Waals surface area contributed by atoms with E-state index in [0.29, 0.717) is 43.7 Å². The Labute approximate surface area is 128 Å². The number of likely N-dealkylation sites (tertiary alicyclic amines) is 1. The topological polar surface area (TPSA) is 88.3 Å². The predicted octanol–water partition coefficient (Wildman–Crippen LogP) is 1.31. The third-order valence-corrected chi connectivity index (χ3v) is 3.84. The molecule has 0 spiro atoms. The highest BCUT2D eigenvalue weighted by Gasteiger charge is 2.28. The molecular formula is C14H19ClN4O2. The van der Waals surface area contributed by atoms with Gasteiger partial charge in [0.25, 0.3) is 5.91 Å². The van der Waals surface area contributed by atoms with Crippen molar-refractivity contribution in [3.8, 4) is 0 Å². The molecule has 6 nitrogen and oxygen atoms in total. The van der Waals surface area contributed by atoms with E-state index >= 15 is 0 Å². The summed E-state index contributed by atoms with van der Waals surface area (Å²) in [6, 6.07) is 1.48. The minimum Gasteiger partial charge on any atom is -0.397 e. The van der Waals surface area contributed by atoms with Gasteiger partial charge in [-0.25, -0.2) is 4.98 Å². The largest absolute Gasteiger partial charge is 0.397 e. The maximum Gasteiger partial charge on any atom is 0.256 e. The highest BCUT2D eigenvalue weighted by atomic mass is 35.5. The van der Waals surface area contributed by atoms with Gasteiger partial charge in [0.15, 0.2) is 0 Å². The van der Waals surface area contributed by atoms with E-state index < -0.39 is 0 Å². The molecule has 1 aromatic heterocycles. The first-order valence-electron chi connectivity index (χ1n) is 7.01. The van der Waals surface area contributed by atoms with Crippen LogP contribution in [-0.2, 0) is 4.79 Å². The lowest BCUT2D eigenvalue weighted by atomic mass is 9.95. The number of anilines is 1. The van der Waals surface area contributed by atoms with Crippen LogP contribution in [0.1, 0.15) is 30.1 Å². The van der Waals surface area contributed by atoms with Crippen molar-refractivity contribution in [3.05, 3.63) is 23.0 Å². The fraction of sp³-hybridized carbons (Fsp3) is 0.500. The number of hydrogen-bond donors (Lipinski definition) is 2. The number of rotatable bonds is 3. The van der Waals surface area contributed by atoms with Gasteiger partial charge in [0.1, 0.15) is 5.15 Å². The van der Waals surface area contributed by atoms with Crippen molar-refractivity contribution in [3.63, 3.8) is 0 Å². The number of nitrogens with two attached hydrogens (primary N) is 1. The molecule has 2 amide bonds. The van der Waals surface area contributed by atoms with E-state index in [-0.39, 0.29) is 22.9 Å². The molecule has 0 aliphatic carbocycles. The van der Waals surface area contributed by atoms with E-state index in [0.717, 1.165) is 0 Å². The lowest BCUT2D eigenvalue weighted by Gasteiger charge is -2.31. The molecule has 0 bridgehead atoms. The van der Waals surface area contributed by atoms with Crippen molar-refractivity contribution in [1.29, 1.82) is 0 Å². The van der Waals surface area contributed by atoms with E-state index in [9.17, 15) is 9.59 Å². The quantitative estimate of drug-likeness (QED) is 0.824. The second-order valence-corrected chi connectivity index (χ2v) is 5.44. The van der Waals surface area contributed by atoms with Crippen LogP contribution in [0.25, 0.3) is 0 Å². The molecule has 2 heterocycles. The Morgan fingerprint density at radius 3 is 2.76 bits per heavy atom. The molecule has 1 aliphatic heterocycles. The SMILES string of the molecule is CCNC(=O)C1CCN(C(=O)c2cc(Cl)ncc2N)CC1. The lowest BCUT2D eigenvalue weighted by molar-refractivity contribution is -0.126. The van der Waals surface area contributed by atoms with Gasteiger partial charge in [-0.2, -0.15) is 0 Å². The first-order chi connectivity index (χ1) is 10.0. The number of pyridine rings is 1. The molecule has 1 aliphatic rings. The number of nitrogens with zero attached hydrogens (tertiary/aromatic N) is 2. The molecule has 0 aromatic carbocycles. The number of nitrogens with one attached hydrogen (secondary N) is 1. The summed E-state index contributed by atoms with van der Waals surface area (Å²) in [5.74, 6) is -0.116. The van der Waals surface area contributed by atoms with Crippen LogP contribution < -0.4 is 11.1 Å². The Morgan fingerprint density at radius 2 is 2.14 bits per heavy atom. The molecule has 7 heteroatoms. The Morgan fingerprint density at radius 1 is 1.48 bits per heavy atom. The average molecular weight is 311 g/mol. The minimum atomic E-state index is -0.161. The third-order valence-electron chi connectivity index (χ3n) is 3.64. The molecule has 3 N–H and O–H groups in total. The van der Waals surface area contributed by atoms with Crippen molar-refractivity contribution in [1.82, 2.24) is 15.2 Å². The van der Waals surface area contributed by atoms with E-state index in [1.165, 1.54) is 12.3 Å². The van der Waals surface area contributed by atoms with Crippen LogP contribution >= 0.6 is 11.6 Å². The number of nitrogen functional groups attached to an aromatic ring is 1. The van der Waals surface area contributed by atoms with Crippen LogP contribution in [0, 0.1) is 5.92 Å². The summed E-state index contributed by atoms with van der Waals surface area (Å²) in [6.07, 6.45) is 2.71.